The van der Waals surface area contributed by atoms with Crippen LogP contribution in [0, 0.1) is 30.5 Å². The molecule has 0 saturated heterocycles. The monoisotopic (exact) mass is 852 g/mol. The highest BCUT2D eigenvalue weighted by molar-refractivity contribution is 7.99. The number of carbonyl (C=O) groups excluding carboxylic acids is 4. The van der Waals surface area contributed by atoms with Crippen molar-refractivity contribution in [2.45, 2.75) is 97.5 Å². The van der Waals surface area contributed by atoms with Crippen LogP contribution < -0.4 is 31.4 Å². The van der Waals surface area contributed by atoms with Gasteiger partial charge in [-0.2, -0.15) is 16.9 Å². The summed E-state index contributed by atoms with van der Waals surface area (Å²) in [5, 5.41) is 26.5. The Hall–Kier alpha value is -4.82. The van der Waals surface area contributed by atoms with Crippen molar-refractivity contribution in [1.82, 2.24) is 26.7 Å². The number of nitrogens with zero attached hydrogens (tertiary/aromatic N) is 1. The van der Waals surface area contributed by atoms with Gasteiger partial charge in [0.1, 0.15) is 23.4 Å². The van der Waals surface area contributed by atoms with Crippen LogP contribution in [0.25, 0.3) is 0 Å². The quantitative estimate of drug-likeness (QED) is 0.0517. The standard InChI is InChI=1S/C44H58ClFN6O6S/c1-6-37(49-43(56)41(27(3)4)50-40(54)22-32-21-33(53)19-20-39(32)58-7-2)38(26-59-25-34-35(45)9-8-10-36(34)46)51-52-44(57)48-24-30-15-17-31(18-16-30)42(55)47-23-29-13-11-28(5)12-14-29/h8-14,19-21,27,30-31,37,41,53H,6-7,15-18,22-26H2,1-5H3,(H,47,55)(H,49,56)(H,50,54)(H2,48,52,57)/b51-38-/t30?,31?,37-,41-/m0/s1. The van der Waals surface area contributed by atoms with Crippen molar-refractivity contribution in [3.63, 3.8) is 0 Å². The zero-order valence-electron chi connectivity index (χ0n) is 34.5. The highest BCUT2D eigenvalue weighted by atomic mass is 35.5. The number of ether oxygens (including phenoxy) is 1. The van der Waals surface area contributed by atoms with Crippen molar-refractivity contribution in [2.75, 3.05) is 18.9 Å². The molecule has 6 N–H and O–H groups in total. The van der Waals surface area contributed by atoms with Crippen molar-refractivity contribution in [1.29, 1.82) is 0 Å². The summed E-state index contributed by atoms with van der Waals surface area (Å²) in [7, 11) is 0. The van der Waals surface area contributed by atoms with Gasteiger partial charge in [0.15, 0.2) is 0 Å². The van der Waals surface area contributed by atoms with E-state index < -0.39 is 35.7 Å². The average molecular weight is 854 g/mol. The molecular weight excluding hydrogens is 795 g/mol. The van der Waals surface area contributed by atoms with Gasteiger partial charge in [-0.25, -0.2) is 14.6 Å². The number of rotatable bonds is 20. The predicted molar refractivity (Wildman–Crippen MR) is 232 cm³/mol. The second kappa shape index (κ2) is 23.7. The molecule has 0 heterocycles. The van der Waals surface area contributed by atoms with Crippen LogP contribution in [0.5, 0.6) is 11.5 Å². The third kappa shape index (κ3) is 15.1. The van der Waals surface area contributed by atoms with Gasteiger partial charge in [-0.3, -0.25) is 14.4 Å². The summed E-state index contributed by atoms with van der Waals surface area (Å²) < 4.78 is 20.2. The molecule has 0 unspecified atom stereocenters. The van der Waals surface area contributed by atoms with E-state index in [0.717, 1.165) is 31.2 Å². The van der Waals surface area contributed by atoms with Crippen LogP contribution in [0.3, 0.4) is 0 Å². The first-order valence-corrected chi connectivity index (χ1v) is 21.8. The molecule has 320 valence electrons. The van der Waals surface area contributed by atoms with Gasteiger partial charge in [-0.1, -0.05) is 68.3 Å². The van der Waals surface area contributed by atoms with Gasteiger partial charge >= 0.3 is 6.03 Å². The maximum absolute atomic E-state index is 14.6. The number of urea groups is 1. The minimum Gasteiger partial charge on any atom is -0.508 e. The molecule has 0 bridgehead atoms. The lowest BCUT2D eigenvalue weighted by atomic mass is 9.81. The Morgan fingerprint density at radius 1 is 0.983 bits per heavy atom. The van der Waals surface area contributed by atoms with E-state index in [-0.39, 0.29) is 47.3 Å². The second-order valence-electron chi connectivity index (χ2n) is 15.2. The molecule has 3 aromatic rings. The number of aromatic hydroxyl groups is 1. The Morgan fingerprint density at radius 2 is 1.71 bits per heavy atom. The molecule has 1 aliphatic rings. The molecule has 0 radical (unpaired) electrons. The highest BCUT2D eigenvalue weighted by Crippen LogP contribution is 2.29. The molecule has 59 heavy (non-hydrogen) atoms. The number of halogens is 2. The number of benzene rings is 3. The van der Waals surface area contributed by atoms with E-state index in [1.54, 1.807) is 12.1 Å². The molecule has 2 atom stereocenters. The molecule has 1 aliphatic carbocycles. The van der Waals surface area contributed by atoms with Crippen LogP contribution in [0.1, 0.15) is 82.1 Å². The number of thioether (sulfide) groups is 1. The zero-order chi connectivity index (χ0) is 42.9. The van der Waals surface area contributed by atoms with Crippen LogP contribution in [-0.2, 0) is 33.1 Å². The van der Waals surface area contributed by atoms with Crippen molar-refractivity contribution in [3.8, 4) is 11.5 Å². The van der Waals surface area contributed by atoms with Gasteiger partial charge in [0.25, 0.3) is 0 Å². The largest absolute Gasteiger partial charge is 0.508 e. The Kier molecular flexibility index (Phi) is 18.8. The molecule has 4 rings (SSSR count). The number of nitrogens with one attached hydrogen (secondary N) is 5. The maximum Gasteiger partial charge on any atom is 0.335 e. The van der Waals surface area contributed by atoms with E-state index in [0.29, 0.717) is 53.7 Å². The lowest BCUT2D eigenvalue weighted by Gasteiger charge is -2.28. The topological polar surface area (TPSA) is 170 Å². The fraction of sp³-hybridized carbons (Fsp3) is 0.477. The first kappa shape index (κ1) is 46.9. The van der Waals surface area contributed by atoms with Crippen LogP contribution >= 0.6 is 23.4 Å². The summed E-state index contributed by atoms with van der Waals surface area (Å²) in [6.07, 6.45) is 3.34. The molecule has 0 aromatic heterocycles. The molecular formula is C44H58ClFN6O6S. The van der Waals surface area contributed by atoms with Crippen LogP contribution in [-0.4, -0.2) is 65.6 Å². The Balaban J connectivity index is 1.36. The number of phenols is 1. The zero-order valence-corrected chi connectivity index (χ0v) is 36.1. The third-order valence-electron chi connectivity index (χ3n) is 10.3. The second-order valence-corrected chi connectivity index (χ2v) is 16.6. The van der Waals surface area contributed by atoms with Crippen LogP contribution in [0.15, 0.2) is 65.8 Å². The van der Waals surface area contributed by atoms with Gasteiger partial charge in [0.05, 0.1) is 24.8 Å². The smallest absolute Gasteiger partial charge is 0.335 e. The van der Waals surface area contributed by atoms with Crippen molar-refractivity contribution in [3.05, 3.63) is 93.8 Å². The Labute approximate surface area is 356 Å². The molecule has 12 nitrogen and oxygen atoms in total. The minimum absolute atomic E-state index is 0.0113. The number of hydrogen-bond donors (Lipinski definition) is 6. The van der Waals surface area contributed by atoms with E-state index in [9.17, 15) is 28.7 Å². The fourth-order valence-electron chi connectivity index (χ4n) is 6.82. The van der Waals surface area contributed by atoms with Gasteiger partial charge in [0.2, 0.25) is 17.7 Å². The van der Waals surface area contributed by atoms with Crippen LogP contribution in [0.4, 0.5) is 9.18 Å². The van der Waals surface area contributed by atoms with Crippen LogP contribution in [0.2, 0.25) is 5.02 Å². The number of aryl methyl sites for hydroxylation is 1. The first-order valence-electron chi connectivity index (χ1n) is 20.3. The number of hydrazone groups is 1. The van der Waals surface area contributed by atoms with Gasteiger partial charge in [-0.15, -0.1) is 0 Å². The fourth-order valence-corrected chi connectivity index (χ4v) is 8.20. The third-order valence-corrected chi connectivity index (χ3v) is 11.6. The summed E-state index contributed by atoms with van der Waals surface area (Å²) in [5.41, 5.74) is 6.06. The number of hydrogen-bond acceptors (Lipinski definition) is 8. The normalized spacial score (nSPS) is 16.4. The SMILES string of the molecule is CCOc1ccc(O)cc1CC(=O)N[C@H](C(=O)N[C@@H](CC)/C(CSCc1c(F)cccc1Cl)=N\NC(=O)NCC1CCC(C(=O)NCc2ccc(C)cc2)CC1)C(C)C. The lowest BCUT2D eigenvalue weighted by Crippen LogP contribution is -2.54. The highest BCUT2D eigenvalue weighted by Gasteiger charge is 2.29. The number of amides is 5. The number of carbonyl (C=O) groups is 4. The van der Waals surface area contributed by atoms with Gasteiger partial charge in [-0.05, 0) is 93.7 Å². The molecule has 15 heteroatoms. The van der Waals surface area contributed by atoms with E-state index in [4.69, 9.17) is 16.3 Å². The van der Waals surface area contributed by atoms with E-state index >= 15 is 0 Å². The molecule has 5 amide bonds. The predicted octanol–water partition coefficient (Wildman–Crippen LogP) is 7.18. The van der Waals surface area contributed by atoms with Gasteiger partial charge in [0, 0.05) is 46.7 Å². The Bertz CT molecular complexity index is 1890. The van der Waals surface area contributed by atoms with E-state index in [2.05, 4.69) is 31.8 Å². The first-order chi connectivity index (χ1) is 28.3. The van der Waals surface area contributed by atoms with Crippen molar-refractivity contribution >= 4 is 52.8 Å². The number of phenolic OH excluding ortho intramolecular Hbond substituents is 1. The minimum atomic E-state index is -0.916. The lowest BCUT2D eigenvalue weighted by molar-refractivity contribution is -0.130. The van der Waals surface area contributed by atoms with Crippen molar-refractivity contribution < 1.29 is 33.4 Å². The summed E-state index contributed by atoms with van der Waals surface area (Å²) >= 11 is 7.61. The molecule has 0 spiro atoms. The summed E-state index contributed by atoms with van der Waals surface area (Å²) in [4.78, 5) is 52.9. The molecule has 3 aromatic carbocycles. The molecule has 1 saturated carbocycles. The summed E-state index contributed by atoms with van der Waals surface area (Å²) in [6.45, 7) is 10.6. The summed E-state index contributed by atoms with van der Waals surface area (Å²) in [5.74, 6) is -0.527. The van der Waals surface area contributed by atoms with Crippen molar-refractivity contribution in [2.24, 2.45) is 22.9 Å². The summed E-state index contributed by atoms with van der Waals surface area (Å²) in [6, 6.07) is 15.0. The van der Waals surface area contributed by atoms with Gasteiger partial charge < -0.3 is 31.1 Å². The van der Waals surface area contributed by atoms with E-state index in [1.807, 2.05) is 58.9 Å². The molecule has 1 fully saturated rings. The maximum atomic E-state index is 14.6. The molecule has 0 aliphatic heterocycles. The van der Waals surface area contributed by atoms with E-state index in [1.165, 1.54) is 41.6 Å². The average Bonchev–Trinajstić information content (AvgIpc) is 3.21. The Morgan fingerprint density at radius 3 is 2.37 bits per heavy atom.